The Morgan fingerprint density at radius 3 is 2.76 bits per heavy atom. The van der Waals surface area contributed by atoms with Crippen LogP contribution in [0.4, 0.5) is 0 Å². The molecule has 1 N–H and O–H groups in total. The average molecular weight is 285 g/mol. The summed E-state index contributed by atoms with van der Waals surface area (Å²) < 4.78 is 5.55. The van der Waals surface area contributed by atoms with Gasteiger partial charge in [-0.25, -0.2) is 0 Å². The zero-order valence-corrected chi connectivity index (χ0v) is 12.5. The van der Waals surface area contributed by atoms with Gasteiger partial charge in [-0.3, -0.25) is 4.98 Å². The Morgan fingerprint density at radius 2 is 2.00 bits per heavy atom. The number of benzene rings is 1. The number of aromatic nitrogens is 1. The highest BCUT2D eigenvalue weighted by atomic mass is 16.5. The van der Waals surface area contributed by atoms with E-state index < -0.39 is 6.10 Å². The van der Waals surface area contributed by atoms with Crippen LogP contribution in [0, 0.1) is 0 Å². The first-order chi connectivity index (χ1) is 10.3. The van der Waals surface area contributed by atoms with Gasteiger partial charge in [0.25, 0.3) is 0 Å². The van der Waals surface area contributed by atoms with Crippen LogP contribution >= 0.6 is 0 Å². The lowest BCUT2D eigenvalue weighted by atomic mass is 10.0. The zero-order chi connectivity index (χ0) is 14.9. The first-order valence-corrected chi connectivity index (χ1v) is 7.59. The van der Waals surface area contributed by atoms with Crippen molar-refractivity contribution in [3.63, 3.8) is 0 Å². The van der Waals surface area contributed by atoms with E-state index in [-0.39, 0.29) is 0 Å². The zero-order valence-electron chi connectivity index (χ0n) is 12.5. The molecule has 21 heavy (non-hydrogen) atoms. The summed E-state index contributed by atoms with van der Waals surface area (Å²) in [6, 6.07) is 12.2. The minimum absolute atomic E-state index is 0.480. The van der Waals surface area contributed by atoms with Crippen LogP contribution in [-0.2, 0) is 6.42 Å². The van der Waals surface area contributed by atoms with Crippen molar-refractivity contribution in [1.82, 2.24) is 4.98 Å². The van der Waals surface area contributed by atoms with Crippen molar-refractivity contribution >= 4 is 0 Å². The molecule has 1 heterocycles. The van der Waals surface area contributed by atoms with Crippen LogP contribution in [-0.4, -0.2) is 16.7 Å². The molecule has 1 aromatic heterocycles. The van der Waals surface area contributed by atoms with Crippen molar-refractivity contribution in [2.45, 2.75) is 38.7 Å². The molecule has 3 heteroatoms. The number of hydrogen-bond donors (Lipinski definition) is 1. The Bertz CT molecular complexity index is 528. The fraction of sp³-hybridized carbons (Fsp3) is 0.389. The molecule has 0 radical (unpaired) electrons. The number of ether oxygens (including phenoxy) is 1. The summed E-state index contributed by atoms with van der Waals surface area (Å²) in [5.41, 5.74) is 2.14. The van der Waals surface area contributed by atoms with E-state index in [2.05, 4.69) is 24.0 Å². The van der Waals surface area contributed by atoms with Gasteiger partial charge in [0.2, 0.25) is 0 Å². The quantitative estimate of drug-likeness (QED) is 0.799. The molecule has 0 saturated heterocycles. The van der Waals surface area contributed by atoms with Gasteiger partial charge in [-0.05, 0) is 37.3 Å². The van der Waals surface area contributed by atoms with Crippen molar-refractivity contribution < 1.29 is 9.84 Å². The lowest BCUT2D eigenvalue weighted by Crippen LogP contribution is -2.01. The Balaban J connectivity index is 1.83. The number of nitrogens with zero attached hydrogens (tertiary/aromatic N) is 1. The van der Waals surface area contributed by atoms with Gasteiger partial charge in [0, 0.05) is 11.8 Å². The third kappa shape index (κ3) is 5.20. The van der Waals surface area contributed by atoms with E-state index in [0.717, 1.165) is 37.0 Å². The van der Waals surface area contributed by atoms with Crippen LogP contribution in [0.1, 0.15) is 43.4 Å². The molecular weight excluding hydrogens is 262 g/mol. The molecule has 112 valence electrons. The number of aryl methyl sites for hydroxylation is 1. The molecule has 0 bridgehead atoms. The van der Waals surface area contributed by atoms with Crippen molar-refractivity contribution in [2.24, 2.45) is 0 Å². The molecule has 2 aromatic rings. The molecule has 1 unspecified atom stereocenters. The fourth-order valence-electron chi connectivity index (χ4n) is 2.23. The van der Waals surface area contributed by atoms with E-state index in [1.165, 1.54) is 5.56 Å². The molecule has 0 aliphatic carbocycles. The van der Waals surface area contributed by atoms with Crippen molar-refractivity contribution in [3.8, 4) is 5.75 Å². The summed E-state index contributed by atoms with van der Waals surface area (Å²) in [6.07, 6.45) is 6.55. The van der Waals surface area contributed by atoms with Gasteiger partial charge in [0.05, 0.1) is 18.9 Å². The Hall–Kier alpha value is -1.87. The van der Waals surface area contributed by atoms with Crippen LogP contribution in [0.5, 0.6) is 5.75 Å². The van der Waals surface area contributed by atoms with E-state index in [9.17, 15) is 5.11 Å². The number of rotatable bonds is 8. The maximum absolute atomic E-state index is 10.3. The number of aliphatic hydroxyl groups is 1. The third-order valence-electron chi connectivity index (χ3n) is 3.38. The average Bonchev–Trinajstić information content (AvgIpc) is 2.54. The van der Waals surface area contributed by atoms with Gasteiger partial charge < -0.3 is 9.84 Å². The van der Waals surface area contributed by atoms with E-state index in [4.69, 9.17) is 4.74 Å². The summed E-state index contributed by atoms with van der Waals surface area (Å²) in [5.74, 6) is 0.733. The van der Waals surface area contributed by atoms with Crippen LogP contribution in [0.15, 0.2) is 48.8 Å². The van der Waals surface area contributed by atoms with Crippen LogP contribution in [0.2, 0.25) is 0 Å². The minimum atomic E-state index is -0.480. The SMILES string of the molecule is CCCOc1cncc(C(O)CCCc2ccccc2)c1. The lowest BCUT2D eigenvalue weighted by molar-refractivity contribution is 0.163. The highest BCUT2D eigenvalue weighted by Gasteiger charge is 2.09. The van der Waals surface area contributed by atoms with Gasteiger partial charge >= 0.3 is 0 Å². The Kier molecular flexibility index (Phi) is 6.22. The summed E-state index contributed by atoms with van der Waals surface area (Å²) in [5, 5.41) is 10.3. The standard InChI is InChI=1S/C18H23NO2/c1-2-11-21-17-12-16(13-19-14-17)18(20)10-6-9-15-7-4-3-5-8-15/h3-5,7-8,12-14,18,20H,2,6,9-11H2,1H3. The first kappa shape index (κ1) is 15.5. The third-order valence-corrected chi connectivity index (χ3v) is 3.38. The molecule has 1 aromatic carbocycles. The molecule has 0 aliphatic heterocycles. The Morgan fingerprint density at radius 1 is 1.19 bits per heavy atom. The van der Waals surface area contributed by atoms with Crippen molar-refractivity contribution in [3.05, 3.63) is 59.9 Å². The smallest absolute Gasteiger partial charge is 0.137 e. The maximum Gasteiger partial charge on any atom is 0.137 e. The van der Waals surface area contributed by atoms with Gasteiger partial charge in [-0.1, -0.05) is 37.3 Å². The highest BCUT2D eigenvalue weighted by molar-refractivity contribution is 5.25. The second-order valence-electron chi connectivity index (χ2n) is 5.20. The molecule has 0 aliphatic rings. The van der Waals surface area contributed by atoms with Gasteiger partial charge in [0.1, 0.15) is 5.75 Å². The normalized spacial score (nSPS) is 12.1. The van der Waals surface area contributed by atoms with Crippen LogP contribution in [0.25, 0.3) is 0 Å². The van der Waals surface area contributed by atoms with Gasteiger partial charge in [-0.2, -0.15) is 0 Å². The van der Waals surface area contributed by atoms with Gasteiger partial charge in [-0.15, -0.1) is 0 Å². The molecule has 2 rings (SSSR count). The minimum Gasteiger partial charge on any atom is -0.492 e. The maximum atomic E-state index is 10.3. The molecule has 0 spiro atoms. The number of pyridine rings is 1. The summed E-state index contributed by atoms with van der Waals surface area (Å²) in [6.45, 7) is 2.74. The predicted molar refractivity (Wildman–Crippen MR) is 84.4 cm³/mol. The second-order valence-corrected chi connectivity index (χ2v) is 5.20. The second kappa shape index (κ2) is 8.42. The fourth-order valence-corrected chi connectivity index (χ4v) is 2.23. The van der Waals surface area contributed by atoms with Crippen molar-refractivity contribution in [2.75, 3.05) is 6.61 Å². The number of aliphatic hydroxyl groups excluding tert-OH is 1. The summed E-state index contributed by atoms with van der Waals surface area (Å²) in [7, 11) is 0. The topological polar surface area (TPSA) is 42.4 Å². The first-order valence-electron chi connectivity index (χ1n) is 7.59. The lowest BCUT2D eigenvalue weighted by Gasteiger charge is -2.12. The molecule has 0 amide bonds. The molecule has 0 saturated carbocycles. The summed E-state index contributed by atoms with van der Waals surface area (Å²) >= 11 is 0. The molecular formula is C18H23NO2. The molecule has 1 atom stereocenters. The predicted octanol–water partition coefficient (Wildman–Crippen LogP) is 3.93. The van der Waals surface area contributed by atoms with E-state index in [1.807, 2.05) is 24.3 Å². The van der Waals surface area contributed by atoms with E-state index >= 15 is 0 Å². The monoisotopic (exact) mass is 285 g/mol. The molecule has 3 nitrogen and oxygen atoms in total. The van der Waals surface area contributed by atoms with Gasteiger partial charge in [0.15, 0.2) is 0 Å². The van der Waals surface area contributed by atoms with Crippen LogP contribution in [0.3, 0.4) is 0 Å². The highest BCUT2D eigenvalue weighted by Crippen LogP contribution is 2.22. The van der Waals surface area contributed by atoms with Crippen molar-refractivity contribution in [1.29, 1.82) is 0 Å². The summed E-state index contributed by atoms with van der Waals surface area (Å²) in [4.78, 5) is 4.14. The Labute approximate surface area is 126 Å². The van der Waals surface area contributed by atoms with Crippen LogP contribution < -0.4 is 4.74 Å². The van der Waals surface area contributed by atoms with E-state index in [1.54, 1.807) is 12.4 Å². The largest absolute Gasteiger partial charge is 0.492 e. The molecule has 0 fully saturated rings. The van der Waals surface area contributed by atoms with E-state index in [0.29, 0.717) is 6.61 Å². The number of hydrogen-bond acceptors (Lipinski definition) is 3.